The van der Waals surface area contributed by atoms with E-state index in [0.29, 0.717) is 23.0 Å². The Hall–Kier alpha value is -1.10. The molecule has 1 fully saturated rings. The number of hydrogen-bond donors (Lipinski definition) is 2. The molecule has 1 aliphatic heterocycles. The van der Waals surface area contributed by atoms with Gasteiger partial charge in [-0.05, 0) is 50.4 Å². The molecule has 0 spiro atoms. The van der Waals surface area contributed by atoms with E-state index in [-0.39, 0.29) is 5.91 Å². The van der Waals surface area contributed by atoms with Gasteiger partial charge in [-0.2, -0.15) is 0 Å². The van der Waals surface area contributed by atoms with Crippen molar-refractivity contribution in [3.8, 4) is 0 Å². The van der Waals surface area contributed by atoms with E-state index in [2.05, 4.69) is 10.2 Å². The fourth-order valence-electron chi connectivity index (χ4n) is 2.86. The van der Waals surface area contributed by atoms with Crippen LogP contribution in [-0.4, -0.2) is 37.0 Å². The molecule has 1 aromatic rings. The summed E-state index contributed by atoms with van der Waals surface area (Å²) in [6.45, 7) is 3.71. The lowest BCUT2D eigenvalue weighted by Crippen LogP contribution is -2.37. The van der Waals surface area contributed by atoms with E-state index in [0.717, 1.165) is 32.6 Å². The highest BCUT2D eigenvalue weighted by atomic mass is 35.5. The zero-order chi connectivity index (χ0) is 15.1. The van der Waals surface area contributed by atoms with Gasteiger partial charge in [0.1, 0.15) is 0 Å². The summed E-state index contributed by atoms with van der Waals surface area (Å²) in [5.74, 6) is 0.708. The third kappa shape index (κ3) is 5.30. The van der Waals surface area contributed by atoms with E-state index >= 15 is 0 Å². The van der Waals surface area contributed by atoms with Gasteiger partial charge in [0, 0.05) is 19.5 Å². The van der Waals surface area contributed by atoms with Crippen LogP contribution >= 0.6 is 11.6 Å². The Morgan fingerprint density at radius 1 is 1.43 bits per heavy atom. The molecular formula is C16H24ClN3O. The average Bonchev–Trinajstić information content (AvgIpc) is 2.48. The van der Waals surface area contributed by atoms with Gasteiger partial charge in [-0.25, -0.2) is 0 Å². The van der Waals surface area contributed by atoms with Gasteiger partial charge in [-0.15, -0.1) is 0 Å². The first-order valence-electron chi connectivity index (χ1n) is 7.66. The van der Waals surface area contributed by atoms with Gasteiger partial charge in [0.25, 0.3) is 0 Å². The molecule has 0 aliphatic carbocycles. The zero-order valence-corrected chi connectivity index (χ0v) is 13.1. The highest BCUT2D eigenvalue weighted by molar-refractivity contribution is 6.33. The van der Waals surface area contributed by atoms with Crippen molar-refractivity contribution < 1.29 is 4.79 Å². The van der Waals surface area contributed by atoms with Crippen molar-refractivity contribution in [1.29, 1.82) is 0 Å². The molecular weight excluding hydrogens is 286 g/mol. The molecule has 1 aliphatic rings. The number of piperidine rings is 1. The van der Waals surface area contributed by atoms with Gasteiger partial charge in [0.05, 0.1) is 10.7 Å². The maximum absolute atomic E-state index is 12.0. The minimum Gasteiger partial charge on any atom is -0.330 e. The number of nitrogens with zero attached hydrogens (tertiary/aromatic N) is 1. The van der Waals surface area contributed by atoms with Gasteiger partial charge in [0.2, 0.25) is 5.91 Å². The van der Waals surface area contributed by atoms with Crippen molar-refractivity contribution in [3.63, 3.8) is 0 Å². The Labute approximate surface area is 131 Å². The van der Waals surface area contributed by atoms with Gasteiger partial charge in [0.15, 0.2) is 0 Å². The Morgan fingerprint density at radius 3 is 3.00 bits per heavy atom. The lowest BCUT2D eigenvalue weighted by Gasteiger charge is -2.32. The van der Waals surface area contributed by atoms with Crippen LogP contribution in [0.2, 0.25) is 5.02 Å². The minimum atomic E-state index is 0.0176. The van der Waals surface area contributed by atoms with Crippen molar-refractivity contribution in [1.82, 2.24) is 4.90 Å². The number of amides is 1. The number of carbonyl (C=O) groups is 1. The van der Waals surface area contributed by atoms with Crippen LogP contribution in [0.5, 0.6) is 0 Å². The number of anilines is 1. The second-order valence-corrected chi connectivity index (χ2v) is 6.07. The number of halogens is 1. The Kier molecular flexibility index (Phi) is 6.49. The molecule has 2 rings (SSSR count). The number of nitrogens with two attached hydrogens (primary N) is 1. The van der Waals surface area contributed by atoms with E-state index in [4.69, 9.17) is 17.3 Å². The maximum atomic E-state index is 12.0. The van der Waals surface area contributed by atoms with E-state index < -0.39 is 0 Å². The van der Waals surface area contributed by atoms with Crippen LogP contribution < -0.4 is 11.1 Å². The summed E-state index contributed by atoms with van der Waals surface area (Å²) >= 11 is 6.03. The third-order valence-corrected chi connectivity index (χ3v) is 4.31. The number of benzene rings is 1. The smallest absolute Gasteiger partial charge is 0.225 e. The summed E-state index contributed by atoms with van der Waals surface area (Å²) in [5.41, 5.74) is 6.32. The first-order valence-corrected chi connectivity index (χ1v) is 8.03. The molecule has 0 saturated carbocycles. The summed E-state index contributed by atoms with van der Waals surface area (Å²) < 4.78 is 0. The highest BCUT2D eigenvalue weighted by Crippen LogP contribution is 2.21. The van der Waals surface area contributed by atoms with Crippen LogP contribution in [-0.2, 0) is 4.79 Å². The first-order chi connectivity index (χ1) is 10.2. The average molecular weight is 310 g/mol. The lowest BCUT2D eigenvalue weighted by molar-refractivity contribution is -0.116. The zero-order valence-electron chi connectivity index (χ0n) is 12.4. The van der Waals surface area contributed by atoms with E-state index in [1.807, 2.05) is 18.2 Å². The molecule has 4 nitrogen and oxygen atoms in total. The molecule has 0 bridgehead atoms. The Bertz CT molecular complexity index is 465. The standard InChI is InChI=1S/C16H24ClN3O/c17-14-5-1-2-6-15(14)19-16(21)8-11-20-10-3-4-13(12-20)7-9-18/h1-2,5-6,13H,3-4,7-12,18H2,(H,19,21). The number of para-hydroxylation sites is 1. The van der Waals surface area contributed by atoms with E-state index in [1.54, 1.807) is 6.07 Å². The van der Waals surface area contributed by atoms with Crippen molar-refractivity contribution in [2.75, 3.05) is 31.5 Å². The number of likely N-dealkylation sites (tertiary alicyclic amines) is 1. The summed E-state index contributed by atoms with van der Waals surface area (Å²) in [4.78, 5) is 14.4. The van der Waals surface area contributed by atoms with Crippen molar-refractivity contribution in [2.24, 2.45) is 11.7 Å². The highest BCUT2D eigenvalue weighted by Gasteiger charge is 2.19. The molecule has 1 heterocycles. The fourth-order valence-corrected chi connectivity index (χ4v) is 3.04. The summed E-state index contributed by atoms with van der Waals surface area (Å²) in [6, 6.07) is 7.31. The van der Waals surface area contributed by atoms with Crippen LogP contribution in [0.15, 0.2) is 24.3 Å². The number of nitrogens with one attached hydrogen (secondary N) is 1. The predicted molar refractivity (Wildman–Crippen MR) is 87.5 cm³/mol. The van der Waals surface area contributed by atoms with Crippen LogP contribution in [0.25, 0.3) is 0 Å². The summed E-state index contributed by atoms with van der Waals surface area (Å²) in [6.07, 6.45) is 4.05. The molecule has 1 amide bonds. The van der Waals surface area contributed by atoms with Crippen molar-refractivity contribution >= 4 is 23.2 Å². The van der Waals surface area contributed by atoms with Crippen LogP contribution in [0.1, 0.15) is 25.7 Å². The van der Waals surface area contributed by atoms with Gasteiger partial charge in [-0.3, -0.25) is 4.79 Å². The minimum absolute atomic E-state index is 0.0176. The molecule has 1 unspecified atom stereocenters. The topological polar surface area (TPSA) is 58.4 Å². The van der Waals surface area contributed by atoms with Crippen LogP contribution in [0.4, 0.5) is 5.69 Å². The monoisotopic (exact) mass is 309 g/mol. The van der Waals surface area contributed by atoms with Crippen LogP contribution in [0.3, 0.4) is 0 Å². The number of carbonyl (C=O) groups excluding carboxylic acids is 1. The number of rotatable bonds is 6. The first kappa shape index (κ1) is 16.3. The van der Waals surface area contributed by atoms with Gasteiger partial charge < -0.3 is 16.0 Å². The lowest BCUT2D eigenvalue weighted by atomic mass is 9.95. The Morgan fingerprint density at radius 2 is 2.24 bits per heavy atom. The van der Waals surface area contributed by atoms with Gasteiger partial charge in [-0.1, -0.05) is 23.7 Å². The third-order valence-electron chi connectivity index (χ3n) is 3.98. The molecule has 5 heteroatoms. The SMILES string of the molecule is NCCC1CCCN(CCC(=O)Nc2ccccc2Cl)C1. The maximum Gasteiger partial charge on any atom is 0.225 e. The molecule has 1 saturated heterocycles. The normalized spacial score (nSPS) is 19.4. The molecule has 21 heavy (non-hydrogen) atoms. The predicted octanol–water partition coefficient (Wildman–Crippen LogP) is 2.73. The molecule has 116 valence electrons. The van der Waals surface area contributed by atoms with Gasteiger partial charge >= 0.3 is 0 Å². The quantitative estimate of drug-likeness (QED) is 0.849. The van der Waals surface area contributed by atoms with Crippen molar-refractivity contribution in [2.45, 2.75) is 25.7 Å². The second-order valence-electron chi connectivity index (χ2n) is 5.66. The summed E-state index contributed by atoms with van der Waals surface area (Å²) in [5, 5.41) is 3.44. The fraction of sp³-hybridized carbons (Fsp3) is 0.562. The molecule has 0 radical (unpaired) electrons. The molecule has 1 aromatic carbocycles. The second kappa shape index (κ2) is 8.37. The van der Waals surface area contributed by atoms with Crippen molar-refractivity contribution in [3.05, 3.63) is 29.3 Å². The van der Waals surface area contributed by atoms with E-state index in [1.165, 1.54) is 12.8 Å². The van der Waals surface area contributed by atoms with E-state index in [9.17, 15) is 4.79 Å². The number of hydrogen-bond acceptors (Lipinski definition) is 3. The Balaban J connectivity index is 1.75. The largest absolute Gasteiger partial charge is 0.330 e. The van der Waals surface area contributed by atoms with Crippen LogP contribution in [0, 0.1) is 5.92 Å². The molecule has 1 atom stereocenters. The molecule has 3 N–H and O–H groups in total. The molecule has 0 aromatic heterocycles. The summed E-state index contributed by atoms with van der Waals surface area (Å²) in [7, 11) is 0.